The Labute approximate surface area is 184 Å². The number of hydrogen-bond donors (Lipinski definition) is 1. The van der Waals surface area contributed by atoms with Crippen molar-refractivity contribution in [2.75, 3.05) is 19.5 Å². The molecule has 31 heavy (non-hydrogen) atoms. The molecule has 1 aromatic heterocycles. The number of nitrogens with one attached hydrogen (secondary N) is 1. The van der Waals surface area contributed by atoms with Crippen LogP contribution in [-0.2, 0) is 0 Å². The molecule has 0 bridgehead atoms. The number of halogens is 1. The minimum atomic E-state index is -0.458. The highest BCUT2D eigenvalue weighted by molar-refractivity contribution is 6.30. The van der Waals surface area contributed by atoms with E-state index in [0.29, 0.717) is 28.0 Å². The lowest BCUT2D eigenvalue weighted by atomic mass is 10.2. The van der Waals surface area contributed by atoms with Crippen molar-refractivity contribution in [3.05, 3.63) is 83.6 Å². The number of rotatable bonds is 6. The maximum absolute atomic E-state index is 12.9. The normalized spacial score (nSPS) is 10.5. The largest absolute Gasteiger partial charge is 0.497 e. The van der Waals surface area contributed by atoms with Gasteiger partial charge in [0.05, 0.1) is 25.6 Å². The Bertz CT molecular complexity index is 1220. The first kappa shape index (κ1) is 20.4. The number of hydrogen-bond acceptors (Lipinski definition) is 5. The van der Waals surface area contributed by atoms with E-state index in [2.05, 4.69) is 15.4 Å². The van der Waals surface area contributed by atoms with Crippen LogP contribution in [-0.4, -0.2) is 34.9 Å². The molecular weight excluding hydrogens is 416 g/mol. The van der Waals surface area contributed by atoms with Crippen LogP contribution in [0.25, 0.3) is 17.1 Å². The predicted molar refractivity (Wildman–Crippen MR) is 119 cm³/mol. The lowest BCUT2D eigenvalue weighted by Gasteiger charge is -2.08. The standard InChI is InChI=1S/C23H19ClN4O3/c1-30-18-12-10-17(11-13-18)28-22(15-6-5-7-16(24)14-15)26-21(27-28)23(29)25-19-8-3-4-9-20(19)31-2/h3-14H,1-2H3,(H,25,29). The number of nitrogens with zero attached hydrogens (tertiary/aromatic N) is 3. The second-order valence-corrected chi connectivity index (χ2v) is 6.97. The maximum Gasteiger partial charge on any atom is 0.295 e. The van der Waals surface area contributed by atoms with Gasteiger partial charge in [0, 0.05) is 10.6 Å². The Morgan fingerprint density at radius 3 is 2.45 bits per heavy atom. The van der Waals surface area contributed by atoms with Gasteiger partial charge in [-0.15, -0.1) is 5.10 Å². The number of ether oxygens (including phenoxy) is 2. The number of methoxy groups -OCH3 is 2. The molecule has 4 rings (SSSR count). The number of carbonyl (C=O) groups excluding carboxylic acids is 1. The first-order valence-corrected chi connectivity index (χ1v) is 9.78. The first-order valence-electron chi connectivity index (χ1n) is 9.41. The fourth-order valence-corrected chi connectivity index (χ4v) is 3.24. The molecule has 3 aromatic carbocycles. The summed E-state index contributed by atoms with van der Waals surface area (Å²) in [5.41, 5.74) is 1.98. The van der Waals surface area contributed by atoms with Crippen LogP contribution >= 0.6 is 11.6 Å². The summed E-state index contributed by atoms with van der Waals surface area (Å²) < 4.78 is 12.1. The molecule has 1 N–H and O–H groups in total. The molecule has 0 aliphatic heterocycles. The van der Waals surface area contributed by atoms with Crippen molar-refractivity contribution in [1.29, 1.82) is 0 Å². The first-order chi connectivity index (χ1) is 15.1. The summed E-state index contributed by atoms with van der Waals surface area (Å²) in [4.78, 5) is 17.4. The molecule has 0 radical (unpaired) electrons. The van der Waals surface area contributed by atoms with Gasteiger partial charge in [0.2, 0.25) is 5.82 Å². The average Bonchev–Trinajstić information content (AvgIpc) is 3.25. The zero-order valence-electron chi connectivity index (χ0n) is 16.9. The molecule has 0 atom stereocenters. The van der Waals surface area contributed by atoms with Gasteiger partial charge < -0.3 is 14.8 Å². The van der Waals surface area contributed by atoms with E-state index in [9.17, 15) is 4.79 Å². The summed E-state index contributed by atoms with van der Waals surface area (Å²) in [6.07, 6.45) is 0. The van der Waals surface area contributed by atoms with Crippen LogP contribution < -0.4 is 14.8 Å². The molecular formula is C23H19ClN4O3. The van der Waals surface area contributed by atoms with Gasteiger partial charge in [0.25, 0.3) is 5.91 Å². The van der Waals surface area contributed by atoms with Gasteiger partial charge in [-0.2, -0.15) is 0 Å². The Morgan fingerprint density at radius 1 is 0.968 bits per heavy atom. The molecule has 0 spiro atoms. The van der Waals surface area contributed by atoms with Gasteiger partial charge in [-0.25, -0.2) is 9.67 Å². The number of amides is 1. The van der Waals surface area contributed by atoms with Crippen LogP contribution in [0.1, 0.15) is 10.6 Å². The predicted octanol–water partition coefficient (Wildman–Crippen LogP) is 4.86. The molecule has 0 aliphatic rings. The van der Waals surface area contributed by atoms with Crippen molar-refractivity contribution in [3.63, 3.8) is 0 Å². The Kier molecular flexibility index (Phi) is 5.86. The van der Waals surface area contributed by atoms with Gasteiger partial charge >= 0.3 is 0 Å². The molecule has 7 nitrogen and oxygen atoms in total. The van der Waals surface area contributed by atoms with E-state index in [4.69, 9.17) is 21.1 Å². The zero-order chi connectivity index (χ0) is 21.8. The van der Waals surface area contributed by atoms with Gasteiger partial charge in [-0.3, -0.25) is 4.79 Å². The lowest BCUT2D eigenvalue weighted by molar-refractivity contribution is 0.101. The van der Waals surface area contributed by atoms with Crippen LogP contribution in [0.15, 0.2) is 72.8 Å². The van der Waals surface area contributed by atoms with E-state index in [0.717, 1.165) is 11.3 Å². The van der Waals surface area contributed by atoms with Crippen molar-refractivity contribution < 1.29 is 14.3 Å². The molecule has 0 unspecified atom stereocenters. The third kappa shape index (κ3) is 4.36. The lowest BCUT2D eigenvalue weighted by Crippen LogP contribution is -2.15. The number of benzene rings is 3. The summed E-state index contributed by atoms with van der Waals surface area (Å²) in [6.45, 7) is 0. The van der Waals surface area contributed by atoms with Crippen LogP contribution in [0.3, 0.4) is 0 Å². The number of carbonyl (C=O) groups is 1. The maximum atomic E-state index is 12.9. The third-order valence-corrected chi connectivity index (χ3v) is 4.80. The van der Waals surface area contributed by atoms with E-state index in [1.165, 1.54) is 0 Å². The zero-order valence-corrected chi connectivity index (χ0v) is 17.6. The Balaban J connectivity index is 1.76. The topological polar surface area (TPSA) is 78.3 Å². The van der Waals surface area contributed by atoms with Crippen molar-refractivity contribution in [2.24, 2.45) is 0 Å². The number of para-hydroxylation sites is 2. The molecule has 0 aliphatic carbocycles. The van der Waals surface area contributed by atoms with Crippen LogP contribution in [0.4, 0.5) is 5.69 Å². The van der Waals surface area contributed by atoms with E-state index in [-0.39, 0.29) is 5.82 Å². The SMILES string of the molecule is COc1ccc(-n2nc(C(=O)Nc3ccccc3OC)nc2-c2cccc(Cl)c2)cc1. The second-order valence-electron chi connectivity index (χ2n) is 6.53. The number of anilines is 1. The average molecular weight is 435 g/mol. The minimum Gasteiger partial charge on any atom is -0.497 e. The quantitative estimate of drug-likeness (QED) is 0.469. The molecule has 0 saturated heterocycles. The third-order valence-electron chi connectivity index (χ3n) is 4.57. The monoisotopic (exact) mass is 434 g/mol. The summed E-state index contributed by atoms with van der Waals surface area (Å²) in [6, 6.07) is 21.7. The molecule has 156 valence electrons. The molecule has 4 aromatic rings. The van der Waals surface area contributed by atoms with Gasteiger partial charge in [-0.05, 0) is 48.5 Å². The highest BCUT2D eigenvalue weighted by Crippen LogP contribution is 2.27. The van der Waals surface area contributed by atoms with Crippen LogP contribution in [0.5, 0.6) is 11.5 Å². The van der Waals surface area contributed by atoms with Gasteiger partial charge in [-0.1, -0.05) is 35.9 Å². The van der Waals surface area contributed by atoms with E-state index >= 15 is 0 Å². The van der Waals surface area contributed by atoms with Crippen molar-refractivity contribution in [3.8, 4) is 28.6 Å². The molecule has 0 fully saturated rings. The van der Waals surface area contributed by atoms with Crippen LogP contribution in [0, 0.1) is 0 Å². The molecule has 1 amide bonds. The summed E-state index contributed by atoms with van der Waals surface area (Å²) >= 11 is 6.18. The van der Waals surface area contributed by atoms with Gasteiger partial charge in [0.15, 0.2) is 5.82 Å². The van der Waals surface area contributed by atoms with Crippen molar-refractivity contribution in [2.45, 2.75) is 0 Å². The molecule has 8 heteroatoms. The number of aromatic nitrogens is 3. The smallest absolute Gasteiger partial charge is 0.295 e. The second kappa shape index (κ2) is 8.89. The Morgan fingerprint density at radius 2 is 1.74 bits per heavy atom. The van der Waals surface area contributed by atoms with Gasteiger partial charge in [0.1, 0.15) is 11.5 Å². The van der Waals surface area contributed by atoms with E-state index < -0.39 is 5.91 Å². The summed E-state index contributed by atoms with van der Waals surface area (Å²) in [7, 11) is 3.14. The van der Waals surface area contributed by atoms with E-state index in [1.54, 1.807) is 49.2 Å². The summed E-state index contributed by atoms with van der Waals surface area (Å²) in [5.74, 6) is 1.29. The fraction of sp³-hybridized carbons (Fsp3) is 0.0870. The highest BCUT2D eigenvalue weighted by Gasteiger charge is 2.20. The molecule has 1 heterocycles. The van der Waals surface area contributed by atoms with Crippen LogP contribution in [0.2, 0.25) is 5.02 Å². The fourth-order valence-electron chi connectivity index (χ4n) is 3.05. The Hall–Kier alpha value is -3.84. The van der Waals surface area contributed by atoms with Crippen molar-refractivity contribution >= 4 is 23.2 Å². The van der Waals surface area contributed by atoms with Crippen molar-refractivity contribution in [1.82, 2.24) is 14.8 Å². The van der Waals surface area contributed by atoms with E-state index in [1.807, 2.05) is 42.5 Å². The molecule has 0 saturated carbocycles. The summed E-state index contributed by atoms with van der Waals surface area (Å²) in [5, 5.41) is 7.82. The highest BCUT2D eigenvalue weighted by atomic mass is 35.5. The minimum absolute atomic E-state index is 0.0108.